The van der Waals surface area contributed by atoms with Crippen LogP contribution >= 0.6 is 11.6 Å². The predicted molar refractivity (Wildman–Crippen MR) is 76.4 cm³/mol. The molecule has 0 unspecified atom stereocenters. The highest BCUT2D eigenvalue weighted by Gasteiger charge is 2.01. The van der Waals surface area contributed by atoms with Crippen molar-refractivity contribution in [1.29, 1.82) is 0 Å². The smallest absolute Gasteiger partial charge is 0.124 e. The van der Waals surface area contributed by atoms with Crippen molar-refractivity contribution < 1.29 is 4.74 Å². The van der Waals surface area contributed by atoms with Gasteiger partial charge in [0.15, 0.2) is 0 Å². The molecule has 0 radical (unpaired) electrons. The van der Waals surface area contributed by atoms with Crippen molar-refractivity contribution in [3.63, 3.8) is 0 Å². The summed E-state index contributed by atoms with van der Waals surface area (Å²) in [6.45, 7) is 3.40. The van der Waals surface area contributed by atoms with Crippen LogP contribution in [-0.2, 0) is 6.54 Å². The molecule has 2 rings (SSSR count). The van der Waals surface area contributed by atoms with Gasteiger partial charge in [0.1, 0.15) is 5.75 Å². The average molecular weight is 262 g/mol. The summed E-state index contributed by atoms with van der Waals surface area (Å²) in [6.07, 6.45) is 0. The molecular weight excluding hydrogens is 246 g/mol. The Bertz CT molecular complexity index is 496. The van der Waals surface area contributed by atoms with Gasteiger partial charge in [0.2, 0.25) is 0 Å². The molecule has 0 fully saturated rings. The Morgan fingerprint density at radius 3 is 2.50 bits per heavy atom. The maximum atomic E-state index is 5.85. The van der Waals surface area contributed by atoms with Gasteiger partial charge in [-0.3, -0.25) is 0 Å². The summed E-state index contributed by atoms with van der Waals surface area (Å²) in [5.74, 6) is 0.932. The van der Waals surface area contributed by atoms with Crippen LogP contribution in [0.15, 0.2) is 48.5 Å². The largest absolute Gasteiger partial charge is 0.494 e. The molecule has 3 heteroatoms. The molecule has 0 saturated carbocycles. The lowest BCUT2D eigenvalue weighted by molar-refractivity contribution is 0.337. The Balaban J connectivity index is 2.03. The van der Waals surface area contributed by atoms with Crippen molar-refractivity contribution in [2.45, 2.75) is 13.5 Å². The predicted octanol–water partition coefficient (Wildman–Crippen LogP) is 4.35. The number of hydrogen-bond donors (Lipinski definition) is 1. The van der Waals surface area contributed by atoms with Gasteiger partial charge < -0.3 is 10.1 Å². The highest BCUT2D eigenvalue weighted by molar-refractivity contribution is 6.30. The molecule has 0 atom stereocenters. The van der Waals surface area contributed by atoms with E-state index in [0.29, 0.717) is 6.61 Å². The van der Waals surface area contributed by atoms with Crippen molar-refractivity contribution in [2.75, 3.05) is 11.9 Å². The van der Waals surface area contributed by atoms with E-state index in [2.05, 4.69) is 11.4 Å². The highest BCUT2D eigenvalue weighted by Crippen LogP contribution is 2.20. The standard InChI is InChI=1S/C15H16ClNO/c1-2-18-15-6-4-3-5-12(15)11-17-14-9-7-13(16)8-10-14/h3-10,17H,2,11H2,1H3. The molecule has 94 valence electrons. The highest BCUT2D eigenvalue weighted by atomic mass is 35.5. The number of halogens is 1. The summed E-state index contributed by atoms with van der Waals surface area (Å²) in [6, 6.07) is 15.7. The fourth-order valence-electron chi connectivity index (χ4n) is 1.71. The minimum atomic E-state index is 0.679. The number of hydrogen-bond acceptors (Lipinski definition) is 2. The van der Waals surface area contributed by atoms with Crippen LogP contribution in [-0.4, -0.2) is 6.61 Å². The molecule has 0 aliphatic heterocycles. The monoisotopic (exact) mass is 261 g/mol. The van der Waals surface area contributed by atoms with E-state index in [0.717, 1.165) is 28.6 Å². The lowest BCUT2D eigenvalue weighted by Crippen LogP contribution is -2.02. The fourth-order valence-corrected chi connectivity index (χ4v) is 1.84. The Morgan fingerprint density at radius 1 is 1.06 bits per heavy atom. The first-order valence-corrected chi connectivity index (χ1v) is 6.37. The Hall–Kier alpha value is -1.67. The van der Waals surface area contributed by atoms with Gasteiger partial charge in [-0.25, -0.2) is 0 Å². The minimum Gasteiger partial charge on any atom is -0.494 e. The van der Waals surface area contributed by atoms with E-state index >= 15 is 0 Å². The quantitative estimate of drug-likeness (QED) is 0.864. The van der Waals surface area contributed by atoms with Crippen LogP contribution in [0.3, 0.4) is 0 Å². The van der Waals surface area contributed by atoms with Gasteiger partial charge in [0.25, 0.3) is 0 Å². The number of ether oxygens (including phenoxy) is 1. The summed E-state index contributed by atoms with van der Waals surface area (Å²) in [7, 11) is 0. The topological polar surface area (TPSA) is 21.3 Å². The molecule has 0 aliphatic carbocycles. The SMILES string of the molecule is CCOc1ccccc1CNc1ccc(Cl)cc1. The molecular formula is C15H16ClNO. The first-order chi connectivity index (χ1) is 8.79. The molecule has 18 heavy (non-hydrogen) atoms. The van der Waals surface area contributed by atoms with E-state index in [1.54, 1.807) is 0 Å². The molecule has 0 aliphatic rings. The normalized spacial score (nSPS) is 10.1. The molecule has 0 amide bonds. The fraction of sp³-hybridized carbons (Fsp3) is 0.200. The molecule has 2 aromatic rings. The van der Waals surface area contributed by atoms with Crippen LogP contribution in [0.25, 0.3) is 0 Å². The van der Waals surface area contributed by atoms with Gasteiger partial charge in [-0.15, -0.1) is 0 Å². The van der Waals surface area contributed by atoms with Crippen molar-refractivity contribution in [3.05, 3.63) is 59.1 Å². The van der Waals surface area contributed by atoms with E-state index in [1.165, 1.54) is 0 Å². The van der Waals surface area contributed by atoms with Crippen molar-refractivity contribution in [3.8, 4) is 5.75 Å². The van der Waals surface area contributed by atoms with E-state index in [9.17, 15) is 0 Å². The lowest BCUT2D eigenvalue weighted by atomic mass is 10.2. The Morgan fingerprint density at radius 2 is 1.78 bits per heavy atom. The van der Waals surface area contributed by atoms with Crippen LogP contribution in [0.4, 0.5) is 5.69 Å². The molecule has 2 nitrogen and oxygen atoms in total. The second kappa shape index (κ2) is 6.31. The van der Waals surface area contributed by atoms with E-state index in [-0.39, 0.29) is 0 Å². The van der Waals surface area contributed by atoms with Gasteiger partial charge in [0, 0.05) is 22.8 Å². The Kier molecular flexibility index (Phi) is 4.48. The van der Waals surface area contributed by atoms with Gasteiger partial charge in [-0.1, -0.05) is 29.8 Å². The first kappa shape index (κ1) is 12.8. The van der Waals surface area contributed by atoms with Crippen LogP contribution < -0.4 is 10.1 Å². The maximum Gasteiger partial charge on any atom is 0.124 e. The van der Waals surface area contributed by atoms with Crippen LogP contribution in [0.5, 0.6) is 5.75 Å². The van der Waals surface area contributed by atoms with E-state index < -0.39 is 0 Å². The second-order valence-corrected chi connectivity index (χ2v) is 4.34. The first-order valence-electron chi connectivity index (χ1n) is 5.99. The Labute approximate surface area is 113 Å². The van der Waals surface area contributed by atoms with Crippen LogP contribution in [0.2, 0.25) is 5.02 Å². The molecule has 0 spiro atoms. The maximum absolute atomic E-state index is 5.85. The summed E-state index contributed by atoms with van der Waals surface area (Å²) in [4.78, 5) is 0. The van der Waals surface area contributed by atoms with Gasteiger partial charge in [-0.2, -0.15) is 0 Å². The van der Waals surface area contributed by atoms with Crippen molar-refractivity contribution >= 4 is 17.3 Å². The average Bonchev–Trinajstić information content (AvgIpc) is 2.40. The zero-order valence-corrected chi connectivity index (χ0v) is 11.1. The van der Waals surface area contributed by atoms with Crippen LogP contribution in [0.1, 0.15) is 12.5 Å². The molecule has 1 N–H and O–H groups in total. The number of rotatable bonds is 5. The summed E-state index contributed by atoms with van der Waals surface area (Å²) in [5, 5.41) is 4.09. The van der Waals surface area contributed by atoms with Gasteiger partial charge in [-0.05, 0) is 37.3 Å². The summed E-state index contributed by atoms with van der Waals surface area (Å²) >= 11 is 5.85. The molecule has 0 heterocycles. The molecule has 0 saturated heterocycles. The molecule has 0 aromatic heterocycles. The van der Waals surface area contributed by atoms with Crippen molar-refractivity contribution in [2.24, 2.45) is 0 Å². The second-order valence-electron chi connectivity index (χ2n) is 3.90. The van der Waals surface area contributed by atoms with E-state index in [1.807, 2.05) is 49.4 Å². The third-order valence-electron chi connectivity index (χ3n) is 2.60. The number of nitrogens with one attached hydrogen (secondary N) is 1. The summed E-state index contributed by atoms with van der Waals surface area (Å²) in [5.41, 5.74) is 2.19. The third-order valence-corrected chi connectivity index (χ3v) is 2.85. The van der Waals surface area contributed by atoms with Crippen LogP contribution in [0, 0.1) is 0 Å². The molecule has 0 bridgehead atoms. The van der Waals surface area contributed by atoms with Crippen molar-refractivity contribution in [1.82, 2.24) is 0 Å². The summed E-state index contributed by atoms with van der Waals surface area (Å²) < 4.78 is 5.58. The number of anilines is 1. The number of benzene rings is 2. The van der Waals surface area contributed by atoms with Gasteiger partial charge >= 0.3 is 0 Å². The number of para-hydroxylation sites is 1. The zero-order chi connectivity index (χ0) is 12.8. The third kappa shape index (κ3) is 3.41. The minimum absolute atomic E-state index is 0.679. The van der Waals surface area contributed by atoms with Gasteiger partial charge in [0.05, 0.1) is 6.61 Å². The molecule has 2 aromatic carbocycles. The van der Waals surface area contributed by atoms with E-state index in [4.69, 9.17) is 16.3 Å². The zero-order valence-electron chi connectivity index (χ0n) is 10.3. The lowest BCUT2D eigenvalue weighted by Gasteiger charge is -2.11.